The third-order valence-electron chi connectivity index (χ3n) is 9.48. The first kappa shape index (κ1) is 51.3. The first-order chi connectivity index (χ1) is 26.1. The number of rotatable bonds is 38. The van der Waals surface area contributed by atoms with Crippen LogP contribution < -0.4 is 0 Å². The number of allylic oxidation sites excluding steroid dienone is 8. The second kappa shape index (κ2) is 37.2. The lowest BCUT2D eigenvalue weighted by molar-refractivity contribution is -0.887. The van der Waals surface area contributed by atoms with Crippen molar-refractivity contribution in [3.8, 4) is 0 Å². The number of nitrogens with zero attached hydrogens (tertiary/aromatic N) is 1. The minimum absolute atomic E-state index is 0.0342. The maximum atomic E-state index is 12.5. The predicted molar refractivity (Wildman–Crippen MR) is 224 cm³/mol. The van der Waals surface area contributed by atoms with Crippen molar-refractivity contribution >= 4 is 17.9 Å². The summed E-state index contributed by atoms with van der Waals surface area (Å²) in [6, 6.07) is -0.624. The number of carbonyl (C=O) groups is 3. The molecule has 2 atom stereocenters. The summed E-state index contributed by atoms with van der Waals surface area (Å²) < 4.78 is 17.1. The number of unbranched alkanes of at least 4 members (excludes halogenated alkanes) is 16. The Kier molecular flexibility index (Phi) is 35.4. The van der Waals surface area contributed by atoms with Gasteiger partial charge in [0.2, 0.25) is 0 Å². The van der Waals surface area contributed by atoms with Crippen molar-refractivity contribution in [1.29, 1.82) is 0 Å². The van der Waals surface area contributed by atoms with Gasteiger partial charge in [-0.3, -0.25) is 9.59 Å². The minimum Gasteiger partial charge on any atom is -0.477 e. The van der Waals surface area contributed by atoms with Crippen LogP contribution in [0.3, 0.4) is 0 Å². The molecule has 0 aliphatic rings. The van der Waals surface area contributed by atoms with Crippen molar-refractivity contribution in [2.75, 3.05) is 41.0 Å². The van der Waals surface area contributed by atoms with Crippen molar-refractivity contribution in [1.82, 2.24) is 0 Å². The third-order valence-corrected chi connectivity index (χ3v) is 9.48. The topological polar surface area (TPSA) is 99.1 Å². The summed E-state index contributed by atoms with van der Waals surface area (Å²) in [5.74, 6) is -1.58. The van der Waals surface area contributed by atoms with Crippen LogP contribution in [-0.4, -0.2) is 80.6 Å². The molecule has 0 heterocycles. The van der Waals surface area contributed by atoms with Crippen molar-refractivity contribution in [2.24, 2.45) is 0 Å². The van der Waals surface area contributed by atoms with Gasteiger partial charge < -0.3 is 23.8 Å². The van der Waals surface area contributed by atoms with E-state index in [2.05, 4.69) is 50.3 Å². The van der Waals surface area contributed by atoms with E-state index < -0.39 is 18.1 Å². The normalized spacial score (nSPS) is 13.4. The molecule has 312 valence electrons. The van der Waals surface area contributed by atoms with Crippen LogP contribution in [0.4, 0.5) is 0 Å². The van der Waals surface area contributed by atoms with Crippen LogP contribution in [-0.2, 0) is 28.6 Å². The zero-order valence-electron chi connectivity index (χ0n) is 35.4. The van der Waals surface area contributed by atoms with Crippen LogP contribution in [0.1, 0.15) is 174 Å². The average molecular weight is 761 g/mol. The number of carbonyl (C=O) groups excluding carboxylic acids is 2. The number of hydrogen-bond donors (Lipinski definition) is 1. The monoisotopic (exact) mass is 761 g/mol. The van der Waals surface area contributed by atoms with Gasteiger partial charge in [0, 0.05) is 19.3 Å². The maximum absolute atomic E-state index is 12.5. The summed E-state index contributed by atoms with van der Waals surface area (Å²) >= 11 is 0. The summed E-state index contributed by atoms with van der Waals surface area (Å²) in [4.78, 5) is 36.7. The van der Waals surface area contributed by atoms with E-state index in [0.29, 0.717) is 19.3 Å². The smallest absolute Gasteiger partial charge is 0.362 e. The van der Waals surface area contributed by atoms with E-state index in [9.17, 15) is 19.5 Å². The zero-order valence-corrected chi connectivity index (χ0v) is 35.4. The second-order valence-corrected chi connectivity index (χ2v) is 15.6. The summed E-state index contributed by atoms with van der Waals surface area (Å²) in [7, 11) is 5.49. The second-order valence-electron chi connectivity index (χ2n) is 15.6. The van der Waals surface area contributed by atoms with Crippen LogP contribution in [0, 0.1) is 0 Å². The summed E-state index contributed by atoms with van der Waals surface area (Å²) in [5.41, 5.74) is 0. The van der Waals surface area contributed by atoms with E-state index in [1.165, 1.54) is 89.9 Å². The summed E-state index contributed by atoms with van der Waals surface area (Å²) in [6.45, 7) is 4.51. The van der Waals surface area contributed by atoms with Crippen LogP contribution in [0.25, 0.3) is 0 Å². The molecule has 0 fully saturated rings. The minimum atomic E-state index is -0.887. The van der Waals surface area contributed by atoms with Crippen molar-refractivity contribution in [2.45, 2.75) is 187 Å². The molecule has 0 aliphatic heterocycles. The van der Waals surface area contributed by atoms with Crippen molar-refractivity contribution in [3.05, 3.63) is 48.6 Å². The Balaban J connectivity index is 4.17. The van der Waals surface area contributed by atoms with Crippen LogP contribution in [0.15, 0.2) is 48.6 Å². The van der Waals surface area contributed by atoms with Crippen molar-refractivity contribution < 1.29 is 38.2 Å². The van der Waals surface area contributed by atoms with Gasteiger partial charge in [-0.2, -0.15) is 0 Å². The Morgan fingerprint density at radius 1 is 0.574 bits per heavy atom. The number of ether oxygens (including phenoxy) is 3. The Labute approximate surface area is 331 Å². The highest BCUT2D eigenvalue weighted by Crippen LogP contribution is 2.13. The molecule has 0 aromatic rings. The standard InChI is InChI=1S/C46H81NO7/c1-6-8-10-12-14-15-16-17-18-19-20-21-22-23-24-25-26-27-28-29-31-32-34-36-44(48)53-41-42(40-52-39-38-43(46(50)51)47(3,4)5)54-45(49)37-35-33-30-13-11-9-7-2/h9,11,20-21,23-24,30,33,42-43H,6-8,10,12-19,22,25-29,31-32,34-41H2,1-5H3/p+1/b11-9+,21-20+,24-23+,33-30+. The van der Waals surface area contributed by atoms with Crippen LogP contribution >= 0.6 is 0 Å². The Morgan fingerprint density at radius 3 is 1.59 bits per heavy atom. The summed E-state index contributed by atoms with van der Waals surface area (Å²) in [5, 5.41) is 9.57. The Morgan fingerprint density at radius 2 is 1.07 bits per heavy atom. The molecule has 0 radical (unpaired) electrons. The number of aliphatic carboxylic acids is 1. The Hall–Kier alpha value is -2.71. The van der Waals surface area contributed by atoms with Gasteiger partial charge in [-0.25, -0.2) is 4.79 Å². The number of hydrogen-bond acceptors (Lipinski definition) is 6. The molecule has 0 bridgehead atoms. The van der Waals surface area contributed by atoms with Gasteiger partial charge in [0.05, 0.1) is 34.4 Å². The van der Waals surface area contributed by atoms with E-state index in [-0.39, 0.29) is 42.7 Å². The first-order valence-corrected chi connectivity index (χ1v) is 21.7. The number of quaternary nitrogens is 1. The number of carboxylic acids is 1. The first-order valence-electron chi connectivity index (χ1n) is 21.7. The molecule has 0 saturated carbocycles. The molecular formula is C46H82NO7+. The lowest BCUT2D eigenvalue weighted by atomic mass is 10.1. The van der Waals surface area contributed by atoms with Crippen LogP contribution in [0.2, 0.25) is 0 Å². The summed E-state index contributed by atoms with van der Waals surface area (Å²) in [6.07, 6.45) is 43.5. The fraction of sp³-hybridized carbons (Fsp3) is 0.761. The average Bonchev–Trinajstić information content (AvgIpc) is 3.12. The maximum Gasteiger partial charge on any atom is 0.362 e. The molecule has 0 aromatic carbocycles. The highest BCUT2D eigenvalue weighted by Gasteiger charge is 2.31. The number of likely N-dealkylation sites (N-methyl/N-ethyl adjacent to an activating group) is 1. The van der Waals surface area contributed by atoms with E-state index >= 15 is 0 Å². The van der Waals surface area contributed by atoms with E-state index in [0.717, 1.165) is 44.9 Å². The van der Waals surface area contributed by atoms with Gasteiger partial charge in [0.1, 0.15) is 6.61 Å². The highest BCUT2D eigenvalue weighted by atomic mass is 16.6. The molecule has 0 saturated heterocycles. The van der Waals surface area contributed by atoms with Crippen molar-refractivity contribution in [3.63, 3.8) is 0 Å². The zero-order chi connectivity index (χ0) is 40.0. The molecule has 0 spiro atoms. The quantitative estimate of drug-likeness (QED) is 0.0289. The van der Waals surface area contributed by atoms with Gasteiger partial charge in [-0.15, -0.1) is 0 Å². The fourth-order valence-electron chi connectivity index (χ4n) is 6.12. The molecule has 0 rings (SSSR count). The van der Waals surface area contributed by atoms with Gasteiger partial charge in [0.15, 0.2) is 12.1 Å². The molecule has 8 nitrogen and oxygen atoms in total. The highest BCUT2D eigenvalue weighted by molar-refractivity contribution is 5.72. The predicted octanol–water partition coefficient (Wildman–Crippen LogP) is 11.6. The van der Waals surface area contributed by atoms with Gasteiger partial charge in [-0.05, 0) is 57.8 Å². The molecule has 0 amide bonds. The molecule has 54 heavy (non-hydrogen) atoms. The molecule has 0 aromatic heterocycles. The molecule has 0 aliphatic carbocycles. The number of esters is 2. The van der Waals surface area contributed by atoms with Gasteiger partial charge in [0.25, 0.3) is 0 Å². The molecule has 1 N–H and O–H groups in total. The SMILES string of the molecule is CC/C=C/C/C=C/CCC(=O)OC(COCCC(C(=O)O)[N+](C)(C)C)COC(=O)CCCCCCCCC/C=C/C/C=C/CCCCCCCCCCC. The lowest BCUT2D eigenvalue weighted by Gasteiger charge is -2.31. The largest absolute Gasteiger partial charge is 0.477 e. The fourth-order valence-corrected chi connectivity index (χ4v) is 6.12. The lowest BCUT2D eigenvalue weighted by Crippen LogP contribution is -2.50. The Bertz CT molecular complexity index is 1030. The molecular weight excluding hydrogens is 679 g/mol. The van der Waals surface area contributed by atoms with Crippen LogP contribution in [0.5, 0.6) is 0 Å². The van der Waals surface area contributed by atoms with E-state index in [4.69, 9.17) is 14.2 Å². The molecule has 8 heteroatoms. The third kappa shape index (κ3) is 35.0. The number of carboxylic acid groups (broad SMARTS) is 1. The molecule has 2 unspecified atom stereocenters. The van der Waals surface area contributed by atoms with E-state index in [1.807, 2.05) is 33.3 Å². The van der Waals surface area contributed by atoms with Gasteiger partial charge >= 0.3 is 17.9 Å². The van der Waals surface area contributed by atoms with Gasteiger partial charge in [-0.1, -0.05) is 146 Å². The van der Waals surface area contributed by atoms with E-state index in [1.54, 1.807) is 0 Å².